The van der Waals surface area contributed by atoms with E-state index in [1.54, 1.807) is 18.3 Å². The second kappa shape index (κ2) is 4.94. The van der Waals surface area contributed by atoms with E-state index in [-0.39, 0.29) is 12.4 Å². The molecule has 0 saturated carbocycles. The first-order chi connectivity index (χ1) is 7.77. The van der Waals surface area contributed by atoms with Crippen molar-refractivity contribution in [2.45, 2.75) is 18.9 Å². The van der Waals surface area contributed by atoms with Crippen LogP contribution < -0.4 is 0 Å². The molecule has 0 aromatic carbocycles. The third-order valence-electron chi connectivity index (χ3n) is 2.44. The summed E-state index contributed by atoms with van der Waals surface area (Å²) in [6, 6.07) is 3.36. The van der Waals surface area contributed by atoms with E-state index in [2.05, 4.69) is 4.98 Å². The van der Waals surface area contributed by atoms with Crippen molar-refractivity contribution < 1.29 is 19.1 Å². The minimum atomic E-state index is -0.489. The van der Waals surface area contributed by atoms with Crippen molar-refractivity contribution in [3.05, 3.63) is 24.0 Å². The van der Waals surface area contributed by atoms with Gasteiger partial charge in [-0.15, -0.1) is 0 Å². The van der Waals surface area contributed by atoms with Gasteiger partial charge in [-0.05, 0) is 25.0 Å². The number of ether oxygens (including phenoxy) is 2. The number of ketones is 1. The Morgan fingerprint density at radius 1 is 1.56 bits per heavy atom. The van der Waals surface area contributed by atoms with Crippen molar-refractivity contribution in [1.29, 1.82) is 0 Å². The summed E-state index contributed by atoms with van der Waals surface area (Å²) >= 11 is 0. The molecule has 1 aromatic rings. The van der Waals surface area contributed by atoms with Crippen molar-refractivity contribution >= 4 is 11.8 Å². The largest absolute Gasteiger partial charge is 0.455 e. The van der Waals surface area contributed by atoms with Crippen LogP contribution in [0.3, 0.4) is 0 Å². The van der Waals surface area contributed by atoms with Gasteiger partial charge in [-0.3, -0.25) is 4.79 Å². The van der Waals surface area contributed by atoms with Gasteiger partial charge in [0.25, 0.3) is 0 Å². The first-order valence-electron chi connectivity index (χ1n) is 5.22. The Hall–Kier alpha value is -1.62. The molecule has 1 aliphatic rings. The Kier molecular flexibility index (Phi) is 3.36. The molecule has 1 fully saturated rings. The van der Waals surface area contributed by atoms with Crippen LogP contribution in [-0.4, -0.2) is 36.1 Å². The van der Waals surface area contributed by atoms with Gasteiger partial charge in [-0.2, -0.15) is 0 Å². The van der Waals surface area contributed by atoms with E-state index in [0.717, 1.165) is 6.42 Å². The third-order valence-corrected chi connectivity index (χ3v) is 2.44. The lowest BCUT2D eigenvalue weighted by Gasteiger charge is -2.08. The molecule has 1 saturated heterocycles. The van der Waals surface area contributed by atoms with Crippen LogP contribution in [-0.2, 0) is 14.3 Å². The molecule has 1 unspecified atom stereocenters. The maximum atomic E-state index is 11.5. The maximum absolute atomic E-state index is 11.5. The van der Waals surface area contributed by atoms with E-state index < -0.39 is 12.1 Å². The maximum Gasteiger partial charge on any atom is 0.335 e. The molecule has 1 aromatic heterocycles. The average Bonchev–Trinajstić information content (AvgIpc) is 2.95. The van der Waals surface area contributed by atoms with Crippen molar-refractivity contribution in [3.8, 4) is 0 Å². The number of H-pyrrole nitrogens is 1. The second-order valence-electron chi connectivity index (χ2n) is 3.62. The molecule has 1 atom stereocenters. The summed E-state index contributed by atoms with van der Waals surface area (Å²) in [7, 11) is 0. The molecule has 0 aliphatic carbocycles. The first kappa shape index (κ1) is 10.9. The molecule has 2 heterocycles. The number of hydrogen-bond donors (Lipinski definition) is 1. The Bertz CT molecular complexity index is 365. The minimum absolute atomic E-state index is 0.237. The summed E-state index contributed by atoms with van der Waals surface area (Å²) in [5, 5.41) is 0. The number of nitrogens with one attached hydrogen (secondary N) is 1. The van der Waals surface area contributed by atoms with Crippen molar-refractivity contribution in [3.63, 3.8) is 0 Å². The van der Waals surface area contributed by atoms with Crippen LogP contribution in [0.15, 0.2) is 18.3 Å². The summed E-state index contributed by atoms with van der Waals surface area (Å²) < 4.78 is 10.0. The van der Waals surface area contributed by atoms with Gasteiger partial charge in [0.05, 0.1) is 5.69 Å². The number of aromatic nitrogens is 1. The van der Waals surface area contributed by atoms with Crippen LogP contribution in [0.25, 0.3) is 0 Å². The van der Waals surface area contributed by atoms with Crippen molar-refractivity contribution in [1.82, 2.24) is 4.98 Å². The number of rotatable bonds is 4. The topological polar surface area (TPSA) is 68.4 Å². The van der Waals surface area contributed by atoms with E-state index in [0.29, 0.717) is 18.7 Å². The van der Waals surface area contributed by atoms with Crippen LogP contribution in [0.1, 0.15) is 23.3 Å². The van der Waals surface area contributed by atoms with Gasteiger partial charge in [-0.1, -0.05) is 0 Å². The zero-order chi connectivity index (χ0) is 11.4. The Morgan fingerprint density at radius 2 is 2.44 bits per heavy atom. The Morgan fingerprint density at radius 3 is 3.06 bits per heavy atom. The number of Topliss-reactive ketones (excluding diaryl/α,β-unsaturated/α-hetero) is 1. The van der Waals surface area contributed by atoms with Crippen molar-refractivity contribution in [2.75, 3.05) is 13.2 Å². The fraction of sp³-hybridized carbons (Fsp3) is 0.455. The zero-order valence-corrected chi connectivity index (χ0v) is 8.77. The van der Waals surface area contributed by atoms with Crippen LogP contribution >= 0.6 is 0 Å². The summed E-state index contributed by atoms with van der Waals surface area (Å²) in [5.74, 6) is -0.686. The fourth-order valence-electron chi connectivity index (χ4n) is 1.57. The molecule has 2 rings (SSSR count). The van der Waals surface area contributed by atoms with Crippen LogP contribution in [0.4, 0.5) is 0 Å². The minimum Gasteiger partial charge on any atom is -0.455 e. The normalized spacial score (nSPS) is 19.6. The fourth-order valence-corrected chi connectivity index (χ4v) is 1.57. The van der Waals surface area contributed by atoms with Crippen LogP contribution in [0.2, 0.25) is 0 Å². The molecule has 1 N–H and O–H groups in total. The van der Waals surface area contributed by atoms with E-state index in [1.165, 1.54) is 0 Å². The van der Waals surface area contributed by atoms with Gasteiger partial charge in [-0.25, -0.2) is 4.79 Å². The smallest absolute Gasteiger partial charge is 0.335 e. The molecule has 0 amide bonds. The predicted octanol–water partition coefficient (Wildman–Crippen LogP) is 0.920. The van der Waals surface area contributed by atoms with Gasteiger partial charge in [0.1, 0.15) is 0 Å². The van der Waals surface area contributed by atoms with Gasteiger partial charge >= 0.3 is 5.97 Å². The lowest BCUT2D eigenvalue weighted by molar-refractivity contribution is -0.153. The molecule has 1 aliphatic heterocycles. The zero-order valence-electron chi connectivity index (χ0n) is 8.77. The predicted molar refractivity (Wildman–Crippen MR) is 55.1 cm³/mol. The summed E-state index contributed by atoms with van der Waals surface area (Å²) in [6.07, 6.45) is 2.70. The second-order valence-corrected chi connectivity index (χ2v) is 3.62. The number of hydrogen-bond acceptors (Lipinski definition) is 4. The number of carbonyl (C=O) groups is 2. The molecule has 0 radical (unpaired) electrons. The highest BCUT2D eigenvalue weighted by Gasteiger charge is 2.25. The van der Waals surface area contributed by atoms with E-state index in [4.69, 9.17) is 9.47 Å². The van der Waals surface area contributed by atoms with Crippen LogP contribution in [0, 0.1) is 0 Å². The molecule has 5 heteroatoms. The highest BCUT2D eigenvalue weighted by molar-refractivity contribution is 5.96. The third kappa shape index (κ3) is 2.49. The molecular weight excluding hydrogens is 210 g/mol. The van der Waals surface area contributed by atoms with E-state index in [9.17, 15) is 9.59 Å². The quantitative estimate of drug-likeness (QED) is 0.608. The van der Waals surface area contributed by atoms with Gasteiger partial charge in [0, 0.05) is 12.8 Å². The summed E-state index contributed by atoms with van der Waals surface area (Å²) in [6.45, 7) is 0.351. The molecule has 86 valence electrons. The Balaban J connectivity index is 1.79. The monoisotopic (exact) mass is 223 g/mol. The number of aromatic amines is 1. The summed E-state index contributed by atoms with van der Waals surface area (Å²) in [4.78, 5) is 25.6. The van der Waals surface area contributed by atoms with Crippen LogP contribution in [0.5, 0.6) is 0 Å². The summed E-state index contributed by atoms with van der Waals surface area (Å²) in [5.41, 5.74) is 0.445. The molecule has 0 bridgehead atoms. The van der Waals surface area contributed by atoms with E-state index >= 15 is 0 Å². The molecule has 16 heavy (non-hydrogen) atoms. The standard InChI is InChI=1S/C11H13NO4/c13-9(8-3-1-5-12-8)7-16-11(14)10-4-2-6-15-10/h1,3,5,10,12H,2,4,6-7H2. The highest BCUT2D eigenvalue weighted by Crippen LogP contribution is 2.13. The van der Waals surface area contributed by atoms with Gasteiger partial charge in [0.15, 0.2) is 12.7 Å². The molecule has 0 spiro atoms. The van der Waals surface area contributed by atoms with Gasteiger partial charge < -0.3 is 14.5 Å². The SMILES string of the molecule is O=C(COC(=O)C1CCCO1)c1ccc[nH]1. The lowest BCUT2D eigenvalue weighted by atomic mass is 10.2. The average molecular weight is 223 g/mol. The lowest BCUT2D eigenvalue weighted by Crippen LogP contribution is -2.25. The first-order valence-corrected chi connectivity index (χ1v) is 5.22. The number of carbonyl (C=O) groups excluding carboxylic acids is 2. The highest BCUT2D eigenvalue weighted by atomic mass is 16.6. The molecular formula is C11H13NO4. The van der Waals surface area contributed by atoms with E-state index in [1.807, 2.05) is 0 Å². The van der Waals surface area contributed by atoms with Crippen molar-refractivity contribution in [2.24, 2.45) is 0 Å². The molecule has 5 nitrogen and oxygen atoms in total. The van der Waals surface area contributed by atoms with Gasteiger partial charge in [0.2, 0.25) is 5.78 Å². The number of esters is 1. The Labute approximate surface area is 92.7 Å².